The van der Waals surface area contributed by atoms with Crippen LogP contribution in [0.15, 0.2) is 12.3 Å². The number of rotatable bonds is 32. The van der Waals surface area contributed by atoms with Crippen molar-refractivity contribution in [2.75, 3.05) is 19.8 Å². The van der Waals surface area contributed by atoms with Gasteiger partial charge in [0, 0.05) is 18.8 Å². The molecule has 3 unspecified atom stereocenters. The molecule has 0 saturated carbocycles. The van der Waals surface area contributed by atoms with Crippen LogP contribution in [0, 0.1) is 11.8 Å². The Morgan fingerprint density at radius 3 is 1.40 bits per heavy atom. The molecule has 3 atom stereocenters. The normalized spacial score (nSPS) is 11.6. The fourth-order valence-corrected chi connectivity index (χ4v) is 4.99. The Balaban J connectivity index is -0.000000251. The molecule has 0 fully saturated rings. The molecule has 0 saturated heterocycles. The highest BCUT2D eigenvalue weighted by Gasteiger charge is 2.17. The summed E-state index contributed by atoms with van der Waals surface area (Å²) in [6.45, 7) is 26.6. The molecule has 0 aromatic carbocycles. The predicted molar refractivity (Wildman–Crippen MR) is 230 cm³/mol. The summed E-state index contributed by atoms with van der Waals surface area (Å²) in [5.74, 6) is 0.492. The average molecular weight is 791 g/mol. The summed E-state index contributed by atoms with van der Waals surface area (Å²) in [5.41, 5.74) is 0. The summed E-state index contributed by atoms with van der Waals surface area (Å²) >= 11 is 0. The van der Waals surface area contributed by atoms with Crippen molar-refractivity contribution >= 4 is 24.0 Å². The highest BCUT2D eigenvalue weighted by atomic mass is 19.3. The van der Waals surface area contributed by atoms with Gasteiger partial charge in [-0.05, 0) is 56.9 Å². The Labute approximate surface area is 340 Å². The van der Waals surface area contributed by atoms with E-state index in [9.17, 15) is 23.7 Å². The molecule has 0 amide bonds. The Morgan fingerprint density at radius 1 is 0.618 bits per heavy atom. The minimum atomic E-state index is -0.313. The number of aldehydes is 1. The van der Waals surface area contributed by atoms with Crippen LogP contribution in [0.4, 0.5) is 4.53 Å². The number of unbranched alkanes of at least 4 members (excludes halogenated alkanes) is 15. The highest BCUT2D eigenvalue weighted by Crippen LogP contribution is 2.15. The molecule has 0 radical (unpaired) electrons. The summed E-state index contributed by atoms with van der Waals surface area (Å²) in [7, 11) is 0. The van der Waals surface area contributed by atoms with Crippen molar-refractivity contribution in [1.82, 2.24) is 0 Å². The van der Waals surface area contributed by atoms with Crippen LogP contribution >= 0.6 is 0 Å². The molecule has 0 bridgehead atoms. The van der Waals surface area contributed by atoms with Crippen molar-refractivity contribution in [3.05, 3.63) is 12.3 Å². The van der Waals surface area contributed by atoms with E-state index in [0.29, 0.717) is 18.9 Å². The summed E-state index contributed by atoms with van der Waals surface area (Å²) in [5, 5.41) is 0. The van der Waals surface area contributed by atoms with E-state index in [0.717, 1.165) is 63.6 Å². The fourth-order valence-electron chi connectivity index (χ4n) is 4.99. The number of hydrogen-bond donors (Lipinski definition) is 0. The molecule has 0 rings (SSSR count). The lowest BCUT2D eigenvalue weighted by molar-refractivity contribution is -0.195. The van der Waals surface area contributed by atoms with Crippen molar-refractivity contribution in [1.29, 1.82) is 0 Å². The first-order valence-electron chi connectivity index (χ1n) is 22.2. The lowest BCUT2D eigenvalue weighted by Crippen LogP contribution is -2.19. The van der Waals surface area contributed by atoms with Gasteiger partial charge in [-0.1, -0.05) is 165 Å². The number of ether oxygens (including phenoxy) is 3. The van der Waals surface area contributed by atoms with Crippen LogP contribution in [-0.4, -0.2) is 49.9 Å². The van der Waals surface area contributed by atoms with Gasteiger partial charge in [0.05, 0.1) is 32.0 Å². The zero-order valence-electron chi connectivity index (χ0n) is 38.0. The largest absolute Gasteiger partial charge is 0.499 e. The monoisotopic (exact) mass is 791 g/mol. The van der Waals surface area contributed by atoms with Crippen LogP contribution < -0.4 is 0 Å². The number of ketones is 1. The molecule has 9 heteroatoms. The van der Waals surface area contributed by atoms with E-state index in [1.54, 1.807) is 0 Å². The van der Waals surface area contributed by atoms with Gasteiger partial charge >= 0.3 is 11.9 Å². The van der Waals surface area contributed by atoms with Crippen molar-refractivity contribution < 1.29 is 42.9 Å². The number of Topliss-reactive ketones (excluding diaryl/α,β-unsaturated/α-hetero) is 1. The van der Waals surface area contributed by atoms with Gasteiger partial charge in [0.25, 0.3) is 0 Å². The molecule has 0 spiro atoms. The first-order chi connectivity index (χ1) is 26.4. The quantitative estimate of drug-likeness (QED) is 0.0287. The van der Waals surface area contributed by atoms with Gasteiger partial charge in [0.2, 0.25) is 0 Å². The first-order valence-corrected chi connectivity index (χ1v) is 22.2. The Morgan fingerprint density at radius 2 is 1.04 bits per heavy atom. The van der Waals surface area contributed by atoms with Crippen LogP contribution in [-0.2, 0) is 38.3 Å². The molecule has 0 N–H and O–H groups in total. The standard InChI is InChI=1S/C23H42O5.C11H22O.C7H15FO.C3H6O.C2H6/c1-3-5-7-9-11-13-15-22(25)28-20-21(16-17-24)19-23(26)27-18-14-12-10-8-6-4-2;1-4-5-6-7-8-9-10-12-11(2)3;1-4-6(3)7(5-2)9-8;1-3(2)4;1-2/h17,21H,3-16,18-20H2,1-2H3;2,4-10H2,1,3H3;6-7H,4-5H2,1-3H3;1-2H3;1-2H3. The minimum Gasteiger partial charge on any atom is -0.499 e. The maximum atomic E-state index is 11.9. The third kappa shape index (κ3) is 61.2. The number of hydrogen-bond acceptors (Lipinski definition) is 8. The molecule has 0 heterocycles. The van der Waals surface area contributed by atoms with Crippen LogP contribution in [0.5, 0.6) is 0 Å². The Bertz CT molecular complexity index is 812. The zero-order valence-corrected chi connectivity index (χ0v) is 38.0. The van der Waals surface area contributed by atoms with Gasteiger partial charge in [-0.3, -0.25) is 9.59 Å². The molecular weight excluding hydrogens is 699 g/mol. The second-order valence-corrected chi connectivity index (χ2v) is 14.3. The Hall–Kier alpha value is -2.29. The van der Waals surface area contributed by atoms with Crippen LogP contribution in [0.3, 0.4) is 0 Å². The first kappa shape index (κ1) is 61.9. The number of esters is 2. The summed E-state index contributed by atoms with van der Waals surface area (Å²) < 4.78 is 27.4. The molecule has 0 aromatic rings. The van der Waals surface area contributed by atoms with Gasteiger partial charge in [-0.15, -0.1) is 0 Å². The molecule has 0 aromatic heterocycles. The second kappa shape index (κ2) is 53.8. The van der Waals surface area contributed by atoms with Crippen LogP contribution in [0.1, 0.15) is 224 Å². The van der Waals surface area contributed by atoms with Gasteiger partial charge in [-0.2, -0.15) is 4.94 Å². The van der Waals surface area contributed by atoms with E-state index in [1.807, 2.05) is 41.5 Å². The zero-order chi connectivity index (χ0) is 43.0. The molecule has 0 aliphatic carbocycles. The molecule has 55 heavy (non-hydrogen) atoms. The van der Waals surface area contributed by atoms with E-state index < -0.39 is 0 Å². The van der Waals surface area contributed by atoms with E-state index >= 15 is 0 Å². The smallest absolute Gasteiger partial charge is 0.306 e. The summed E-state index contributed by atoms with van der Waals surface area (Å²) in [6.07, 6.45) is 24.5. The lowest BCUT2D eigenvalue weighted by Gasteiger charge is -2.15. The molecule has 0 aliphatic heterocycles. The van der Waals surface area contributed by atoms with E-state index in [1.165, 1.54) is 97.3 Å². The summed E-state index contributed by atoms with van der Waals surface area (Å²) in [4.78, 5) is 47.8. The number of carbonyl (C=O) groups is 4. The van der Waals surface area contributed by atoms with E-state index in [4.69, 9.17) is 14.2 Å². The van der Waals surface area contributed by atoms with E-state index in [-0.39, 0.29) is 49.2 Å². The third-order valence-electron chi connectivity index (χ3n) is 8.50. The number of halogens is 1. The minimum absolute atomic E-state index is 0.111. The molecular formula is C46H91FO8. The van der Waals surface area contributed by atoms with E-state index in [2.05, 4.69) is 32.3 Å². The highest BCUT2D eigenvalue weighted by molar-refractivity contribution is 5.72. The summed E-state index contributed by atoms with van der Waals surface area (Å²) in [6, 6.07) is 0. The van der Waals surface area contributed by atoms with Gasteiger partial charge in [-0.25, -0.2) is 0 Å². The van der Waals surface area contributed by atoms with Crippen LogP contribution in [0.2, 0.25) is 0 Å². The van der Waals surface area contributed by atoms with Crippen molar-refractivity contribution in [2.24, 2.45) is 11.8 Å². The van der Waals surface area contributed by atoms with Gasteiger partial charge < -0.3 is 23.8 Å². The maximum absolute atomic E-state index is 11.9. The molecule has 330 valence electrons. The maximum Gasteiger partial charge on any atom is 0.306 e. The fraction of sp³-hybridized carbons (Fsp3) is 0.870. The number of carbonyl (C=O) groups excluding carboxylic acids is 4. The topological polar surface area (TPSA) is 105 Å². The molecule has 8 nitrogen and oxygen atoms in total. The second-order valence-electron chi connectivity index (χ2n) is 14.3. The lowest BCUT2D eigenvalue weighted by atomic mass is 10.0. The van der Waals surface area contributed by atoms with Crippen molar-refractivity contribution in [2.45, 2.75) is 230 Å². The number of allylic oxidation sites excluding steroid dienone is 1. The SMILES string of the molecule is C=C(C)OCCCCCCCC.CC.CC(C)=O.CCC(C)C(CC)OF.CCCCCCCCOC(=O)CC(CC=O)COC(=O)CCCCCCCC. The van der Waals surface area contributed by atoms with Gasteiger partial charge in [0.1, 0.15) is 18.2 Å². The van der Waals surface area contributed by atoms with Crippen LogP contribution in [0.25, 0.3) is 0 Å². The van der Waals surface area contributed by atoms with Crippen molar-refractivity contribution in [3.8, 4) is 0 Å². The third-order valence-corrected chi connectivity index (χ3v) is 8.50. The Kier molecular flexibility index (Phi) is 60.6. The average Bonchev–Trinajstić information content (AvgIpc) is 3.16. The van der Waals surface area contributed by atoms with Gasteiger partial charge in [0.15, 0.2) is 0 Å². The molecule has 0 aliphatic rings. The predicted octanol–water partition coefficient (Wildman–Crippen LogP) is 14.0. The van der Waals surface area contributed by atoms with Crippen molar-refractivity contribution in [3.63, 3.8) is 0 Å².